The van der Waals surface area contributed by atoms with Crippen LogP contribution in [0.1, 0.15) is 41.0 Å². The fraction of sp³-hybridized carbons (Fsp3) is 0.917. The highest BCUT2D eigenvalue weighted by atomic mass is 16.6. The number of nitrogens with two attached hydrogens (primary N) is 1. The molecule has 1 heterocycles. The summed E-state index contributed by atoms with van der Waals surface area (Å²) in [6, 6.07) is 0. The molecule has 1 aliphatic rings. The van der Waals surface area contributed by atoms with Gasteiger partial charge in [-0.05, 0) is 53.5 Å². The first-order valence-corrected chi connectivity index (χ1v) is 5.86. The average Bonchev–Trinajstić information content (AvgIpc) is 2.37. The first-order chi connectivity index (χ1) is 7.15. The maximum atomic E-state index is 12.0. The quantitative estimate of drug-likeness (QED) is 0.746. The largest absolute Gasteiger partial charge is 0.444 e. The van der Waals surface area contributed by atoms with Crippen LogP contribution in [0.2, 0.25) is 0 Å². The number of ether oxygens (including phenoxy) is 1. The van der Waals surface area contributed by atoms with Gasteiger partial charge in [-0.15, -0.1) is 0 Å². The second-order valence-electron chi connectivity index (χ2n) is 6.21. The number of hydrogen-bond donors (Lipinski definition) is 1. The molecule has 0 spiro atoms. The molecule has 0 saturated carbocycles. The third-order valence-electron chi connectivity index (χ3n) is 2.91. The third-order valence-corrected chi connectivity index (χ3v) is 2.91. The van der Waals surface area contributed by atoms with Crippen molar-refractivity contribution in [3.8, 4) is 0 Å². The third kappa shape index (κ3) is 3.11. The lowest BCUT2D eigenvalue weighted by Crippen LogP contribution is -2.45. The average molecular weight is 228 g/mol. The van der Waals surface area contributed by atoms with E-state index >= 15 is 0 Å². The van der Waals surface area contributed by atoms with Crippen molar-refractivity contribution >= 4 is 6.09 Å². The van der Waals surface area contributed by atoms with Crippen LogP contribution >= 0.6 is 0 Å². The van der Waals surface area contributed by atoms with Gasteiger partial charge in [-0.1, -0.05) is 0 Å². The fourth-order valence-corrected chi connectivity index (χ4v) is 2.18. The summed E-state index contributed by atoms with van der Waals surface area (Å²) in [7, 11) is 0. The van der Waals surface area contributed by atoms with Crippen molar-refractivity contribution in [2.75, 3.05) is 13.1 Å². The Hall–Kier alpha value is -0.770. The summed E-state index contributed by atoms with van der Waals surface area (Å²) in [5, 5.41) is 0. The molecule has 0 aromatic rings. The Morgan fingerprint density at radius 2 is 2.06 bits per heavy atom. The first kappa shape index (κ1) is 13.3. The molecule has 16 heavy (non-hydrogen) atoms. The molecular weight excluding hydrogens is 204 g/mol. The van der Waals surface area contributed by atoms with E-state index in [1.165, 1.54) is 0 Å². The van der Waals surface area contributed by atoms with Gasteiger partial charge in [-0.3, -0.25) is 0 Å². The van der Waals surface area contributed by atoms with E-state index in [-0.39, 0.29) is 11.6 Å². The lowest BCUT2D eigenvalue weighted by molar-refractivity contribution is 0.0131. The predicted octanol–water partition coefficient (Wildman–Crippen LogP) is 1.98. The van der Waals surface area contributed by atoms with E-state index in [9.17, 15) is 4.79 Å². The summed E-state index contributed by atoms with van der Waals surface area (Å²) >= 11 is 0. The van der Waals surface area contributed by atoms with Gasteiger partial charge in [0, 0.05) is 12.1 Å². The van der Waals surface area contributed by atoms with E-state index in [0.29, 0.717) is 19.0 Å². The highest BCUT2D eigenvalue weighted by Gasteiger charge is 2.42. The molecule has 4 nitrogen and oxygen atoms in total. The van der Waals surface area contributed by atoms with Crippen LogP contribution in [0.25, 0.3) is 0 Å². The molecule has 1 aliphatic heterocycles. The van der Waals surface area contributed by atoms with Gasteiger partial charge in [-0.25, -0.2) is 4.79 Å². The fourth-order valence-electron chi connectivity index (χ4n) is 2.18. The lowest BCUT2D eigenvalue weighted by Gasteiger charge is -2.33. The van der Waals surface area contributed by atoms with Crippen LogP contribution in [0.4, 0.5) is 4.79 Å². The van der Waals surface area contributed by atoms with Gasteiger partial charge in [0.2, 0.25) is 0 Å². The van der Waals surface area contributed by atoms with E-state index in [1.54, 1.807) is 4.90 Å². The Kier molecular flexibility index (Phi) is 3.53. The number of likely N-dealkylation sites (tertiary alicyclic amines) is 1. The van der Waals surface area contributed by atoms with Gasteiger partial charge >= 0.3 is 6.09 Å². The van der Waals surface area contributed by atoms with Crippen molar-refractivity contribution in [3.63, 3.8) is 0 Å². The van der Waals surface area contributed by atoms with E-state index in [4.69, 9.17) is 10.5 Å². The smallest absolute Gasteiger partial charge is 0.410 e. The number of hydrogen-bond acceptors (Lipinski definition) is 3. The molecule has 1 amide bonds. The second-order valence-corrected chi connectivity index (χ2v) is 6.21. The van der Waals surface area contributed by atoms with Crippen molar-refractivity contribution in [1.82, 2.24) is 4.90 Å². The van der Waals surface area contributed by atoms with Gasteiger partial charge < -0.3 is 15.4 Å². The van der Waals surface area contributed by atoms with Gasteiger partial charge in [-0.2, -0.15) is 0 Å². The molecule has 0 aliphatic carbocycles. The normalized spacial score (nSPS) is 24.6. The maximum Gasteiger partial charge on any atom is 0.410 e. The molecule has 1 atom stereocenters. The van der Waals surface area contributed by atoms with Crippen LogP contribution in [-0.4, -0.2) is 35.2 Å². The molecule has 0 aromatic heterocycles. The Balaban J connectivity index is 2.69. The molecular formula is C12H24N2O2. The molecule has 1 rings (SSSR count). The van der Waals surface area contributed by atoms with Crippen LogP contribution in [0.3, 0.4) is 0 Å². The zero-order valence-corrected chi connectivity index (χ0v) is 11.0. The van der Waals surface area contributed by atoms with Crippen LogP contribution in [-0.2, 0) is 4.74 Å². The van der Waals surface area contributed by atoms with E-state index in [1.807, 2.05) is 20.8 Å². The molecule has 0 radical (unpaired) electrons. The molecule has 4 heteroatoms. The van der Waals surface area contributed by atoms with Crippen molar-refractivity contribution in [3.05, 3.63) is 0 Å². The van der Waals surface area contributed by atoms with Crippen molar-refractivity contribution < 1.29 is 9.53 Å². The second kappa shape index (κ2) is 4.24. The van der Waals surface area contributed by atoms with Crippen LogP contribution in [0.15, 0.2) is 0 Å². The Bertz CT molecular complexity index is 269. The minimum Gasteiger partial charge on any atom is -0.444 e. The SMILES string of the molecule is CC(C)(C)OC(=O)N1CC(CN)CC1(C)C. The molecule has 1 fully saturated rings. The van der Waals surface area contributed by atoms with Crippen LogP contribution in [0, 0.1) is 5.92 Å². The number of carbonyl (C=O) groups is 1. The van der Waals surface area contributed by atoms with Gasteiger partial charge in [0.1, 0.15) is 5.60 Å². The van der Waals surface area contributed by atoms with E-state index in [0.717, 1.165) is 6.42 Å². The van der Waals surface area contributed by atoms with Gasteiger partial charge in [0.05, 0.1) is 0 Å². The number of nitrogens with zero attached hydrogens (tertiary/aromatic N) is 1. The Labute approximate surface area is 98.1 Å². The molecule has 94 valence electrons. The summed E-state index contributed by atoms with van der Waals surface area (Å²) in [5.74, 6) is 0.391. The number of carbonyl (C=O) groups excluding carboxylic acids is 1. The van der Waals surface area contributed by atoms with Gasteiger partial charge in [0.25, 0.3) is 0 Å². The Morgan fingerprint density at radius 1 is 1.50 bits per heavy atom. The minimum atomic E-state index is -0.437. The predicted molar refractivity (Wildman–Crippen MR) is 64.2 cm³/mol. The monoisotopic (exact) mass is 228 g/mol. The molecule has 1 unspecified atom stereocenters. The van der Waals surface area contributed by atoms with Crippen molar-refractivity contribution in [2.45, 2.75) is 52.2 Å². The molecule has 2 N–H and O–H groups in total. The maximum absolute atomic E-state index is 12.0. The highest BCUT2D eigenvalue weighted by Crippen LogP contribution is 2.33. The summed E-state index contributed by atoms with van der Waals surface area (Å²) in [4.78, 5) is 13.8. The first-order valence-electron chi connectivity index (χ1n) is 5.86. The zero-order valence-electron chi connectivity index (χ0n) is 11.0. The topological polar surface area (TPSA) is 55.6 Å². The zero-order chi connectivity index (χ0) is 12.6. The lowest BCUT2D eigenvalue weighted by atomic mass is 9.97. The Morgan fingerprint density at radius 3 is 2.44 bits per heavy atom. The van der Waals surface area contributed by atoms with Crippen LogP contribution < -0.4 is 5.73 Å². The minimum absolute atomic E-state index is 0.146. The summed E-state index contributed by atoms with van der Waals surface area (Å²) in [5.41, 5.74) is 5.08. The highest BCUT2D eigenvalue weighted by molar-refractivity contribution is 5.69. The molecule has 0 aromatic carbocycles. The van der Waals surface area contributed by atoms with Crippen molar-refractivity contribution in [1.29, 1.82) is 0 Å². The van der Waals surface area contributed by atoms with E-state index < -0.39 is 5.60 Å². The molecule has 1 saturated heterocycles. The van der Waals surface area contributed by atoms with Gasteiger partial charge in [0.15, 0.2) is 0 Å². The molecule has 0 bridgehead atoms. The summed E-state index contributed by atoms with van der Waals surface area (Å²) < 4.78 is 5.40. The number of rotatable bonds is 1. The number of amides is 1. The van der Waals surface area contributed by atoms with Crippen LogP contribution in [0.5, 0.6) is 0 Å². The van der Waals surface area contributed by atoms with E-state index in [2.05, 4.69) is 13.8 Å². The summed E-state index contributed by atoms with van der Waals surface area (Å²) in [6.45, 7) is 11.1. The standard InChI is InChI=1S/C12H24N2O2/c1-11(2,3)16-10(15)14-8-9(7-13)6-12(14,4)5/h9H,6-8,13H2,1-5H3. The summed E-state index contributed by atoms with van der Waals surface area (Å²) in [6.07, 6.45) is 0.719. The van der Waals surface area contributed by atoms with Crippen molar-refractivity contribution in [2.24, 2.45) is 11.7 Å².